The molecule has 0 N–H and O–H groups in total. The van der Waals surface area contributed by atoms with Gasteiger partial charge in [0, 0.05) is 19.5 Å². The summed E-state index contributed by atoms with van der Waals surface area (Å²) in [6.45, 7) is 5.32. The second-order valence-electron chi connectivity index (χ2n) is 9.82. The summed E-state index contributed by atoms with van der Waals surface area (Å²) in [7, 11) is 0. The number of likely N-dealkylation sites (tertiary alicyclic amines) is 1. The van der Waals surface area contributed by atoms with E-state index in [0.29, 0.717) is 37.0 Å². The minimum atomic E-state index is -0.0690. The summed E-state index contributed by atoms with van der Waals surface area (Å²) in [5.74, 6) is 0.973. The molecule has 0 radical (unpaired) electrons. The molecule has 2 heterocycles. The standard InChI is InChI=1S/C30H36N2O3/c1-3-7-25-9-4-5-11-28(25)27-10-6-8-23(19-27)12-13-26(18-22(2)33)24-14-16-32(17-15-24)30(34)29-20-35-21-31-29/h4-6,8-11,19-21,24,26H,3,7,12-18H2,1-2H3. The van der Waals surface area contributed by atoms with Crippen molar-refractivity contribution in [2.24, 2.45) is 11.8 Å². The van der Waals surface area contributed by atoms with Crippen molar-refractivity contribution in [3.63, 3.8) is 0 Å². The maximum atomic E-state index is 12.6. The first-order valence-electron chi connectivity index (χ1n) is 12.9. The molecular formula is C30H36N2O3. The summed E-state index contributed by atoms with van der Waals surface area (Å²) in [5, 5.41) is 0. The number of amides is 1. The zero-order chi connectivity index (χ0) is 24.6. The fourth-order valence-corrected chi connectivity index (χ4v) is 5.46. The van der Waals surface area contributed by atoms with Crippen LogP contribution in [-0.4, -0.2) is 34.7 Å². The predicted octanol–water partition coefficient (Wildman–Crippen LogP) is 6.37. The summed E-state index contributed by atoms with van der Waals surface area (Å²) < 4.78 is 4.96. The molecule has 1 atom stereocenters. The number of oxazole rings is 1. The fraction of sp³-hybridized carbons (Fsp3) is 0.433. The van der Waals surface area contributed by atoms with Crippen LogP contribution in [0.5, 0.6) is 0 Å². The van der Waals surface area contributed by atoms with Crippen molar-refractivity contribution >= 4 is 11.7 Å². The van der Waals surface area contributed by atoms with Crippen molar-refractivity contribution in [3.8, 4) is 11.1 Å². The molecule has 35 heavy (non-hydrogen) atoms. The monoisotopic (exact) mass is 472 g/mol. The highest BCUT2D eigenvalue weighted by Gasteiger charge is 2.30. The Morgan fingerprint density at radius 1 is 1.09 bits per heavy atom. The topological polar surface area (TPSA) is 63.4 Å². The number of piperidine rings is 1. The zero-order valence-corrected chi connectivity index (χ0v) is 20.9. The third-order valence-electron chi connectivity index (χ3n) is 7.27. The van der Waals surface area contributed by atoms with Crippen molar-refractivity contribution < 1.29 is 14.0 Å². The summed E-state index contributed by atoms with van der Waals surface area (Å²) in [5.41, 5.74) is 5.67. The van der Waals surface area contributed by atoms with E-state index in [1.54, 1.807) is 6.92 Å². The van der Waals surface area contributed by atoms with Gasteiger partial charge in [-0.3, -0.25) is 4.79 Å². The molecule has 184 valence electrons. The van der Waals surface area contributed by atoms with Crippen molar-refractivity contribution in [1.82, 2.24) is 9.88 Å². The minimum absolute atomic E-state index is 0.0690. The van der Waals surface area contributed by atoms with E-state index >= 15 is 0 Å². The number of Topliss-reactive ketones (excluding diaryl/α,β-unsaturated/α-hetero) is 1. The lowest BCUT2D eigenvalue weighted by Gasteiger charge is -2.35. The summed E-state index contributed by atoms with van der Waals surface area (Å²) in [6, 6.07) is 17.6. The highest BCUT2D eigenvalue weighted by atomic mass is 16.3. The molecule has 3 aromatic rings. The first-order valence-corrected chi connectivity index (χ1v) is 12.9. The Morgan fingerprint density at radius 3 is 2.60 bits per heavy atom. The van der Waals surface area contributed by atoms with Crippen LogP contribution in [0.3, 0.4) is 0 Å². The highest BCUT2D eigenvalue weighted by molar-refractivity contribution is 5.91. The molecule has 1 amide bonds. The third kappa shape index (κ3) is 6.47. The molecule has 0 bridgehead atoms. The van der Waals surface area contributed by atoms with Crippen LogP contribution in [0.2, 0.25) is 0 Å². The Morgan fingerprint density at radius 2 is 1.89 bits per heavy atom. The van der Waals surface area contributed by atoms with E-state index in [1.807, 2.05) is 4.90 Å². The molecule has 5 nitrogen and oxygen atoms in total. The molecule has 4 rings (SSSR count). The van der Waals surface area contributed by atoms with Gasteiger partial charge in [-0.15, -0.1) is 0 Å². The molecule has 1 aromatic heterocycles. The van der Waals surface area contributed by atoms with Gasteiger partial charge in [0.2, 0.25) is 0 Å². The van der Waals surface area contributed by atoms with E-state index in [9.17, 15) is 9.59 Å². The van der Waals surface area contributed by atoms with Crippen LogP contribution in [0.15, 0.2) is 65.6 Å². The van der Waals surface area contributed by atoms with Gasteiger partial charge in [0.05, 0.1) is 0 Å². The molecule has 1 aliphatic heterocycles. The second kappa shape index (κ2) is 12.0. The lowest BCUT2D eigenvalue weighted by atomic mass is 9.78. The van der Waals surface area contributed by atoms with Gasteiger partial charge in [0.1, 0.15) is 12.0 Å². The number of aromatic nitrogens is 1. The number of rotatable bonds is 10. The summed E-state index contributed by atoms with van der Waals surface area (Å²) >= 11 is 0. The Hall–Kier alpha value is -3.21. The largest absolute Gasteiger partial charge is 0.451 e. The molecule has 1 unspecified atom stereocenters. The smallest absolute Gasteiger partial charge is 0.275 e. The van der Waals surface area contributed by atoms with E-state index in [2.05, 4.69) is 60.4 Å². The van der Waals surface area contributed by atoms with Crippen molar-refractivity contribution in [2.45, 2.75) is 58.8 Å². The zero-order valence-electron chi connectivity index (χ0n) is 20.9. The average molecular weight is 473 g/mol. The molecule has 2 aromatic carbocycles. The van der Waals surface area contributed by atoms with Crippen LogP contribution >= 0.6 is 0 Å². The molecular weight excluding hydrogens is 436 g/mol. The van der Waals surface area contributed by atoms with Gasteiger partial charge >= 0.3 is 0 Å². The lowest BCUT2D eigenvalue weighted by Crippen LogP contribution is -2.40. The molecule has 0 spiro atoms. The Balaban J connectivity index is 1.40. The third-order valence-corrected chi connectivity index (χ3v) is 7.27. The van der Waals surface area contributed by atoms with Crippen LogP contribution < -0.4 is 0 Å². The first-order chi connectivity index (χ1) is 17.0. The van der Waals surface area contributed by atoms with Gasteiger partial charge in [-0.05, 0) is 73.1 Å². The quantitative estimate of drug-likeness (QED) is 0.344. The van der Waals surface area contributed by atoms with Crippen molar-refractivity contribution in [3.05, 3.63) is 78.0 Å². The van der Waals surface area contributed by atoms with Crippen LogP contribution in [-0.2, 0) is 17.6 Å². The van der Waals surface area contributed by atoms with Gasteiger partial charge < -0.3 is 14.1 Å². The highest BCUT2D eigenvalue weighted by Crippen LogP contribution is 2.32. The maximum Gasteiger partial charge on any atom is 0.275 e. The Kier molecular flexibility index (Phi) is 8.51. The molecule has 5 heteroatoms. The first kappa shape index (κ1) is 24.9. The SMILES string of the molecule is CCCc1ccccc1-c1cccc(CCC(CC(C)=O)C2CCN(C(=O)c3cocn3)CC2)c1. The van der Waals surface area contributed by atoms with Gasteiger partial charge in [0.15, 0.2) is 12.1 Å². The second-order valence-corrected chi connectivity index (χ2v) is 9.82. The van der Waals surface area contributed by atoms with E-state index in [1.165, 1.54) is 34.9 Å². The van der Waals surface area contributed by atoms with Crippen molar-refractivity contribution in [1.29, 1.82) is 0 Å². The number of ketones is 1. The lowest BCUT2D eigenvalue weighted by molar-refractivity contribution is -0.118. The van der Waals surface area contributed by atoms with Crippen LogP contribution in [0.25, 0.3) is 11.1 Å². The van der Waals surface area contributed by atoms with E-state index in [4.69, 9.17) is 4.42 Å². The molecule has 1 fully saturated rings. The average Bonchev–Trinajstić information content (AvgIpc) is 3.42. The number of nitrogens with zero attached hydrogens (tertiary/aromatic N) is 2. The van der Waals surface area contributed by atoms with Crippen LogP contribution in [0.1, 0.15) is 67.6 Å². The maximum absolute atomic E-state index is 12.6. The van der Waals surface area contributed by atoms with Gasteiger partial charge in [0.25, 0.3) is 5.91 Å². The summed E-state index contributed by atoms with van der Waals surface area (Å²) in [4.78, 5) is 30.5. The number of benzene rings is 2. The van der Waals surface area contributed by atoms with Crippen LogP contribution in [0.4, 0.5) is 0 Å². The van der Waals surface area contributed by atoms with E-state index in [-0.39, 0.29) is 11.7 Å². The van der Waals surface area contributed by atoms with Crippen LogP contribution in [0, 0.1) is 11.8 Å². The number of carbonyl (C=O) groups excluding carboxylic acids is 2. The molecule has 0 saturated carbocycles. The summed E-state index contributed by atoms with van der Waals surface area (Å²) in [6.07, 6.45) is 9.31. The minimum Gasteiger partial charge on any atom is -0.451 e. The number of hydrogen-bond donors (Lipinski definition) is 0. The molecule has 1 saturated heterocycles. The Labute approximate surface area is 208 Å². The number of carbonyl (C=O) groups is 2. The van der Waals surface area contributed by atoms with Gasteiger partial charge in [-0.25, -0.2) is 4.98 Å². The van der Waals surface area contributed by atoms with E-state index < -0.39 is 0 Å². The van der Waals surface area contributed by atoms with Gasteiger partial charge in [-0.2, -0.15) is 0 Å². The fourth-order valence-electron chi connectivity index (χ4n) is 5.46. The molecule has 0 aliphatic carbocycles. The normalized spacial score (nSPS) is 15.2. The van der Waals surface area contributed by atoms with Gasteiger partial charge in [-0.1, -0.05) is 61.9 Å². The number of aryl methyl sites for hydroxylation is 2. The van der Waals surface area contributed by atoms with Crippen molar-refractivity contribution in [2.75, 3.05) is 13.1 Å². The number of hydrogen-bond acceptors (Lipinski definition) is 4. The Bertz CT molecular complexity index is 1110. The van der Waals surface area contributed by atoms with E-state index in [0.717, 1.165) is 38.5 Å². The molecule has 1 aliphatic rings. The predicted molar refractivity (Wildman–Crippen MR) is 138 cm³/mol.